The van der Waals surface area contributed by atoms with Gasteiger partial charge < -0.3 is 10.1 Å². The molecule has 2 aromatic rings. The third kappa shape index (κ3) is 3.62. The van der Waals surface area contributed by atoms with Crippen molar-refractivity contribution in [3.05, 3.63) is 56.5 Å². The van der Waals surface area contributed by atoms with E-state index >= 15 is 0 Å². The first-order valence-electron chi connectivity index (χ1n) is 6.03. The standard InChI is InChI=1S/C15H12Cl3NO2/c1-8-3-4-9(16)7-13(8)19-15(20)11-5-10(17)6-12(18)14(11)21-2/h3-7H,1-2H3,(H,19,20). The van der Waals surface area contributed by atoms with Crippen LogP contribution in [0, 0.1) is 6.92 Å². The number of benzene rings is 2. The van der Waals surface area contributed by atoms with Gasteiger partial charge in [0.15, 0.2) is 0 Å². The Labute approximate surface area is 137 Å². The van der Waals surface area contributed by atoms with Gasteiger partial charge in [-0.15, -0.1) is 0 Å². The number of methoxy groups -OCH3 is 1. The lowest BCUT2D eigenvalue weighted by Gasteiger charge is -2.13. The molecule has 0 unspecified atom stereocenters. The van der Waals surface area contributed by atoms with Crippen LogP contribution in [0.1, 0.15) is 15.9 Å². The Kier molecular flexibility index (Phi) is 4.99. The minimum Gasteiger partial charge on any atom is -0.494 e. The average Bonchev–Trinajstić information content (AvgIpc) is 2.42. The molecular formula is C15H12Cl3NO2. The molecule has 0 saturated carbocycles. The average molecular weight is 345 g/mol. The summed E-state index contributed by atoms with van der Waals surface area (Å²) in [6, 6.07) is 8.27. The Bertz CT molecular complexity index is 702. The van der Waals surface area contributed by atoms with E-state index in [1.807, 2.05) is 13.0 Å². The Morgan fingerprint density at radius 3 is 2.48 bits per heavy atom. The molecule has 2 rings (SSSR count). The van der Waals surface area contributed by atoms with Crippen molar-refractivity contribution in [1.29, 1.82) is 0 Å². The van der Waals surface area contributed by atoms with Crippen molar-refractivity contribution < 1.29 is 9.53 Å². The molecule has 0 radical (unpaired) electrons. The van der Waals surface area contributed by atoms with Gasteiger partial charge in [0.1, 0.15) is 5.75 Å². The third-order valence-corrected chi connectivity index (χ3v) is 3.64. The summed E-state index contributed by atoms with van der Waals surface area (Å²) in [7, 11) is 1.44. The number of nitrogens with one attached hydrogen (secondary N) is 1. The number of anilines is 1. The van der Waals surface area contributed by atoms with Crippen LogP contribution in [0.4, 0.5) is 5.69 Å². The molecule has 0 aliphatic carbocycles. The summed E-state index contributed by atoms with van der Waals surface area (Å²) in [4.78, 5) is 12.4. The highest BCUT2D eigenvalue weighted by atomic mass is 35.5. The van der Waals surface area contributed by atoms with Gasteiger partial charge in [-0.25, -0.2) is 0 Å². The van der Waals surface area contributed by atoms with E-state index in [0.29, 0.717) is 15.7 Å². The number of rotatable bonds is 3. The summed E-state index contributed by atoms with van der Waals surface area (Å²) in [5.74, 6) is -0.0973. The molecule has 6 heteroatoms. The van der Waals surface area contributed by atoms with Crippen LogP contribution < -0.4 is 10.1 Å². The summed E-state index contributed by atoms with van der Waals surface area (Å²) < 4.78 is 5.17. The minimum absolute atomic E-state index is 0.259. The lowest BCUT2D eigenvalue weighted by molar-refractivity contribution is 0.102. The van der Waals surface area contributed by atoms with Crippen LogP contribution in [0.2, 0.25) is 15.1 Å². The van der Waals surface area contributed by atoms with Gasteiger partial charge in [-0.05, 0) is 36.8 Å². The Morgan fingerprint density at radius 1 is 1.10 bits per heavy atom. The molecule has 0 fully saturated rings. The van der Waals surface area contributed by atoms with Crippen molar-refractivity contribution in [2.24, 2.45) is 0 Å². The molecule has 0 saturated heterocycles. The highest BCUT2D eigenvalue weighted by molar-refractivity contribution is 6.36. The largest absolute Gasteiger partial charge is 0.494 e. The van der Waals surface area contributed by atoms with Gasteiger partial charge in [0.25, 0.3) is 5.91 Å². The van der Waals surface area contributed by atoms with Crippen LogP contribution in [0.3, 0.4) is 0 Å². The van der Waals surface area contributed by atoms with Crippen molar-refractivity contribution >= 4 is 46.4 Å². The van der Waals surface area contributed by atoms with Crippen molar-refractivity contribution in [2.75, 3.05) is 12.4 Å². The summed E-state index contributed by atoms with van der Waals surface area (Å²) >= 11 is 17.9. The SMILES string of the molecule is COc1c(Cl)cc(Cl)cc1C(=O)Nc1cc(Cl)ccc1C. The molecule has 0 bridgehead atoms. The van der Waals surface area contributed by atoms with Crippen LogP contribution in [0.25, 0.3) is 0 Å². The van der Waals surface area contributed by atoms with E-state index in [1.165, 1.54) is 19.2 Å². The van der Waals surface area contributed by atoms with E-state index in [1.54, 1.807) is 12.1 Å². The van der Waals surface area contributed by atoms with Crippen LogP contribution in [-0.4, -0.2) is 13.0 Å². The van der Waals surface area contributed by atoms with Gasteiger partial charge in [-0.2, -0.15) is 0 Å². The van der Waals surface area contributed by atoms with Crippen LogP contribution in [-0.2, 0) is 0 Å². The van der Waals surface area contributed by atoms with Crippen LogP contribution >= 0.6 is 34.8 Å². The maximum Gasteiger partial charge on any atom is 0.259 e. The normalized spacial score (nSPS) is 10.3. The molecule has 110 valence electrons. The summed E-state index contributed by atoms with van der Waals surface area (Å²) in [6.07, 6.45) is 0. The van der Waals surface area contributed by atoms with Gasteiger partial charge in [0.2, 0.25) is 0 Å². The van der Waals surface area contributed by atoms with Crippen molar-refractivity contribution in [3.63, 3.8) is 0 Å². The zero-order valence-corrected chi connectivity index (χ0v) is 13.6. The zero-order chi connectivity index (χ0) is 15.6. The third-order valence-electron chi connectivity index (χ3n) is 2.90. The summed E-state index contributed by atoms with van der Waals surface area (Å²) in [6.45, 7) is 1.87. The van der Waals surface area contributed by atoms with Gasteiger partial charge >= 0.3 is 0 Å². The molecular weight excluding hydrogens is 333 g/mol. The fraction of sp³-hybridized carbons (Fsp3) is 0.133. The quantitative estimate of drug-likeness (QED) is 0.829. The van der Waals surface area contributed by atoms with Crippen LogP contribution in [0.5, 0.6) is 5.75 Å². The number of ether oxygens (including phenoxy) is 1. The number of carbonyl (C=O) groups excluding carboxylic acids is 1. The molecule has 1 amide bonds. The molecule has 0 spiro atoms. The molecule has 0 aliphatic rings. The highest BCUT2D eigenvalue weighted by Gasteiger charge is 2.17. The van der Waals surface area contributed by atoms with E-state index in [-0.39, 0.29) is 22.2 Å². The van der Waals surface area contributed by atoms with Gasteiger partial charge in [-0.3, -0.25) is 4.79 Å². The lowest BCUT2D eigenvalue weighted by atomic mass is 10.1. The number of hydrogen-bond acceptors (Lipinski definition) is 2. The second-order valence-electron chi connectivity index (χ2n) is 4.38. The molecule has 21 heavy (non-hydrogen) atoms. The molecule has 2 aromatic carbocycles. The second-order valence-corrected chi connectivity index (χ2v) is 5.66. The highest BCUT2D eigenvalue weighted by Crippen LogP contribution is 2.33. The van der Waals surface area contributed by atoms with Gasteiger partial charge in [0, 0.05) is 15.7 Å². The number of aryl methyl sites for hydroxylation is 1. The molecule has 0 atom stereocenters. The lowest BCUT2D eigenvalue weighted by Crippen LogP contribution is -2.14. The van der Waals surface area contributed by atoms with Gasteiger partial charge in [0.05, 0.1) is 17.7 Å². The van der Waals surface area contributed by atoms with Crippen molar-refractivity contribution in [1.82, 2.24) is 0 Å². The van der Waals surface area contributed by atoms with E-state index in [2.05, 4.69) is 5.32 Å². The Morgan fingerprint density at radius 2 is 1.81 bits per heavy atom. The topological polar surface area (TPSA) is 38.3 Å². The molecule has 0 heterocycles. The number of halogens is 3. The maximum absolute atomic E-state index is 12.4. The summed E-state index contributed by atoms with van der Waals surface area (Å²) in [5, 5.41) is 3.94. The molecule has 0 aromatic heterocycles. The fourth-order valence-electron chi connectivity index (χ4n) is 1.86. The molecule has 3 nitrogen and oxygen atoms in total. The predicted molar refractivity (Wildman–Crippen MR) is 87.2 cm³/mol. The van der Waals surface area contributed by atoms with E-state index < -0.39 is 0 Å². The first-order chi connectivity index (χ1) is 9.92. The first-order valence-corrected chi connectivity index (χ1v) is 7.16. The van der Waals surface area contributed by atoms with E-state index in [0.717, 1.165) is 5.56 Å². The Hall–Kier alpha value is -1.42. The first kappa shape index (κ1) is 16.0. The smallest absolute Gasteiger partial charge is 0.259 e. The maximum atomic E-state index is 12.4. The number of carbonyl (C=O) groups is 1. The minimum atomic E-state index is -0.374. The second kappa shape index (κ2) is 6.56. The van der Waals surface area contributed by atoms with E-state index in [4.69, 9.17) is 39.5 Å². The summed E-state index contributed by atoms with van der Waals surface area (Å²) in [5.41, 5.74) is 1.76. The zero-order valence-electron chi connectivity index (χ0n) is 11.3. The predicted octanol–water partition coefficient (Wildman–Crippen LogP) is 5.22. The Balaban J connectivity index is 2.39. The van der Waals surface area contributed by atoms with Gasteiger partial charge in [-0.1, -0.05) is 40.9 Å². The van der Waals surface area contributed by atoms with Crippen LogP contribution in [0.15, 0.2) is 30.3 Å². The number of amides is 1. The monoisotopic (exact) mass is 343 g/mol. The molecule has 0 aliphatic heterocycles. The number of hydrogen-bond donors (Lipinski definition) is 1. The van der Waals surface area contributed by atoms with E-state index in [9.17, 15) is 4.79 Å². The van der Waals surface area contributed by atoms with Crippen molar-refractivity contribution in [3.8, 4) is 5.75 Å². The fourth-order valence-corrected chi connectivity index (χ4v) is 2.60. The molecule has 1 N–H and O–H groups in total. The van der Waals surface area contributed by atoms with Crippen molar-refractivity contribution in [2.45, 2.75) is 6.92 Å².